The first-order valence-corrected chi connectivity index (χ1v) is 13.7. The van der Waals surface area contributed by atoms with Crippen LogP contribution in [-0.2, 0) is 24.2 Å². The summed E-state index contributed by atoms with van der Waals surface area (Å²) in [5.41, 5.74) is 3.98. The standard InChI is InChI=1S/C29H34N8O3/c1-5-7-12-24-30-27-25(28(38)35(17-6-2)29(39)37(27)19(3)40-4)36(24)18-20-13-15-21(16-14-20)22-10-8-9-11-23(22)26-31-33-34-32-26/h8-11,13-16,19H,5-7,12,17-18H2,1-4H3,(H,31,32,33,34). The second-order valence-corrected chi connectivity index (χ2v) is 9.81. The Morgan fingerprint density at radius 1 is 0.975 bits per heavy atom. The third-order valence-electron chi connectivity index (χ3n) is 7.17. The molecule has 5 rings (SSSR count). The lowest BCUT2D eigenvalue weighted by molar-refractivity contribution is 0.0585. The molecule has 40 heavy (non-hydrogen) atoms. The number of tetrazole rings is 1. The molecule has 0 bridgehead atoms. The Morgan fingerprint density at radius 2 is 1.73 bits per heavy atom. The second kappa shape index (κ2) is 11.8. The number of hydrogen-bond acceptors (Lipinski definition) is 7. The molecule has 0 radical (unpaired) electrons. The van der Waals surface area contributed by atoms with Gasteiger partial charge in [0.2, 0.25) is 5.82 Å². The van der Waals surface area contributed by atoms with Crippen LogP contribution < -0.4 is 11.2 Å². The van der Waals surface area contributed by atoms with Gasteiger partial charge in [-0.15, -0.1) is 10.2 Å². The first kappa shape index (κ1) is 27.2. The lowest BCUT2D eigenvalue weighted by Gasteiger charge is -2.16. The average molecular weight is 543 g/mol. The number of nitrogens with zero attached hydrogens (tertiary/aromatic N) is 7. The zero-order valence-corrected chi connectivity index (χ0v) is 23.3. The summed E-state index contributed by atoms with van der Waals surface area (Å²) in [7, 11) is 1.55. The van der Waals surface area contributed by atoms with E-state index >= 15 is 0 Å². The number of fused-ring (bicyclic) bond motifs is 1. The first-order chi connectivity index (χ1) is 19.5. The minimum Gasteiger partial charge on any atom is -0.361 e. The first-order valence-electron chi connectivity index (χ1n) is 13.7. The SMILES string of the molecule is CCCCc1nc2c(c(=O)n(CCC)c(=O)n2C(C)OC)n1Cc1ccc(-c2ccccc2-c2nn[nH]n2)cc1. The van der Waals surface area contributed by atoms with Crippen molar-refractivity contribution in [3.63, 3.8) is 0 Å². The molecule has 5 aromatic rings. The summed E-state index contributed by atoms with van der Waals surface area (Å²) in [6.45, 7) is 6.63. The molecule has 3 aromatic heterocycles. The van der Waals surface area contributed by atoms with Gasteiger partial charge in [-0.1, -0.05) is 68.8 Å². The molecule has 1 unspecified atom stereocenters. The fourth-order valence-electron chi connectivity index (χ4n) is 5.03. The van der Waals surface area contributed by atoms with Gasteiger partial charge < -0.3 is 9.30 Å². The van der Waals surface area contributed by atoms with E-state index < -0.39 is 11.9 Å². The second-order valence-electron chi connectivity index (χ2n) is 9.81. The number of methoxy groups -OCH3 is 1. The maximum atomic E-state index is 13.7. The van der Waals surface area contributed by atoms with Crippen molar-refractivity contribution in [1.29, 1.82) is 0 Å². The van der Waals surface area contributed by atoms with Crippen molar-refractivity contribution >= 4 is 11.2 Å². The number of unbranched alkanes of at least 4 members (excludes halogenated alkanes) is 1. The van der Waals surface area contributed by atoms with E-state index in [-0.39, 0.29) is 5.56 Å². The number of rotatable bonds is 11. The number of benzene rings is 2. The molecule has 0 saturated heterocycles. The maximum absolute atomic E-state index is 13.7. The number of aromatic amines is 1. The minimum atomic E-state index is -0.570. The molecule has 1 atom stereocenters. The van der Waals surface area contributed by atoms with Crippen LogP contribution in [0.15, 0.2) is 58.1 Å². The predicted molar refractivity (Wildman–Crippen MR) is 153 cm³/mol. The molecule has 2 aromatic carbocycles. The molecular formula is C29H34N8O3. The highest BCUT2D eigenvalue weighted by molar-refractivity contribution is 5.80. The van der Waals surface area contributed by atoms with Crippen LogP contribution in [0.3, 0.4) is 0 Å². The summed E-state index contributed by atoms with van der Waals surface area (Å²) < 4.78 is 10.3. The van der Waals surface area contributed by atoms with Gasteiger partial charge in [-0.25, -0.2) is 14.3 Å². The van der Waals surface area contributed by atoms with E-state index in [4.69, 9.17) is 9.72 Å². The van der Waals surface area contributed by atoms with Crippen LogP contribution >= 0.6 is 0 Å². The molecule has 0 fully saturated rings. The molecule has 0 aliphatic rings. The third kappa shape index (κ3) is 5.00. The van der Waals surface area contributed by atoms with Crippen molar-refractivity contribution in [3.05, 3.63) is 80.8 Å². The smallest absolute Gasteiger partial charge is 0.334 e. The predicted octanol–water partition coefficient (Wildman–Crippen LogP) is 4.17. The number of aryl methyl sites for hydroxylation is 1. The summed E-state index contributed by atoms with van der Waals surface area (Å²) >= 11 is 0. The lowest BCUT2D eigenvalue weighted by atomic mass is 9.98. The van der Waals surface area contributed by atoms with E-state index in [2.05, 4.69) is 51.8 Å². The van der Waals surface area contributed by atoms with Crippen molar-refractivity contribution in [1.82, 2.24) is 39.3 Å². The summed E-state index contributed by atoms with van der Waals surface area (Å²) in [6.07, 6.45) is 2.69. The van der Waals surface area contributed by atoms with Crippen LogP contribution in [0.25, 0.3) is 33.7 Å². The van der Waals surface area contributed by atoms with Crippen molar-refractivity contribution in [3.8, 4) is 22.5 Å². The van der Waals surface area contributed by atoms with Crippen molar-refractivity contribution in [2.75, 3.05) is 7.11 Å². The van der Waals surface area contributed by atoms with Gasteiger partial charge in [-0.3, -0.25) is 9.36 Å². The minimum absolute atomic E-state index is 0.317. The Morgan fingerprint density at radius 3 is 2.38 bits per heavy atom. The number of aromatic nitrogens is 8. The van der Waals surface area contributed by atoms with Gasteiger partial charge in [-0.2, -0.15) is 5.21 Å². The zero-order chi connectivity index (χ0) is 28.2. The van der Waals surface area contributed by atoms with Gasteiger partial charge in [0, 0.05) is 32.2 Å². The monoisotopic (exact) mass is 542 g/mol. The Labute approximate surface area is 231 Å². The van der Waals surface area contributed by atoms with Crippen molar-refractivity contribution in [2.24, 2.45) is 0 Å². The van der Waals surface area contributed by atoms with E-state index in [9.17, 15) is 9.59 Å². The van der Waals surface area contributed by atoms with Gasteiger partial charge in [-0.05, 0) is 41.7 Å². The molecule has 1 N–H and O–H groups in total. The Hall–Kier alpha value is -4.38. The van der Waals surface area contributed by atoms with Crippen LogP contribution in [0.2, 0.25) is 0 Å². The highest BCUT2D eigenvalue weighted by Crippen LogP contribution is 2.30. The molecule has 0 amide bonds. The number of hydrogen-bond donors (Lipinski definition) is 1. The highest BCUT2D eigenvalue weighted by atomic mass is 16.5. The van der Waals surface area contributed by atoms with Crippen LogP contribution in [-0.4, -0.2) is 46.4 Å². The van der Waals surface area contributed by atoms with Gasteiger partial charge in [0.1, 0.15) is 12.1 Å². The molecule has 11 heteroatoms. The number of ether oxygens (including phenoxy) is 1. The van der Waals surface area contributed by atoms with Crippen LogP contribution in [0.5, 0.6) is 0 Å². The Bertz CT molecular complexity index is 1720. The van der Waals surface area contributed by atoms with E-state index in [0.717, 1.165) is 40.9 Å². The van der Waals surface area contributed by atoms with E-state index in [1.54, 1.807) is 14.0 Å². The summed E-state index contributed by atoms with van der Waals surface area (Å²) in [5, 5.41) is 14.5. The average Bonchev–Trinajstić information content (AvgIpc) is 3.63. The van der Waals surface area contributed by atoms with E-state index in [1.165, 1.54) is 9.13 Å². The third-order valence-corrected chi connectivity index (χ3v) is 7.17. The lowest BCUT2D eigenvalue weighted by Crippen LogP contribution is -2.42. The molecule has 0 spiro atoms. The highest BCUT2D eigenvalue weighted by Gasteiger charge is 2.24. The number of nitrogens with one attached hydrogen (secondary N) is 1. The van der Waals surface area contributed by atoms with Crippen LogP contribution in [0.4, 0.5) is 0 Å². The summed E-state index contributed by atoms with van der Waals surface area (Å²) in [6, 6.07) is 16.1. The molecule has 0 aliphatic heterocycles. The fourth-order valence-corrected chi connectivity index (χ4v) is 5.03. The van der Waals surface area contributed by atoms with Crippen molar-refractivity contribution < 1.29 is 4.74 Å². The maximum Gasteiger partial charge on any atom is 0.334 e. The van der Waals surface area contributed by atoms with Gasteiger partial charge >= 0.3 is 5.69 Å². The summed E-state index contributed by atoms with van der Waals surface area (Å²) in [5.74, 6) is 1.32. The molecule has 11 nitrogen and oxygen atoms in total. The quantitative estimate of drug-likeness (QED) is 0.265. The largest absolute Gasteiger partial charge is 0.361 e. The number of imidazole rings is 1. The van der Waals surface area contributed by atoms with Crippen molar-refractivity contribution in [2.45, 2.75) is 65.8 Å². The van der Waals surface area contributed by atoms with E-state index in [1.807, 2.05) is 35.8 Å². The molecule has 208 valence electrons. The molecule has 3 heterocycles. The molecule has 0 aliphatic carbocycles. The molecular weight excluding hydrogens is 508 g/mol. The van der Waals surface area contributed by atoms with Crippen LogP contribution in [0, 0.1) is 0 Å². The van der Waals surface area contributed by atoms with Gasteiger partial charge in [0.25, 0.3) is 5.56 Å². The zero-order valence-electron chi connectivity index (χ0n) is 23.3. The molecule has 0 saturated carbocycles. The van der Waals surface area contributed by atoms with E-state index in [0.29, 0.717) is 42.9 Å². The summed E-state index contributed by atoms with van der Waals surface area (Å²) in [4.78, 5) is 31.9. The van der Waals surface area contributed by atoms with Gasteiger partial charge in [0.15, 0.2) is 11.2 Å². The van der Waals surface area contributed by atoms with Crippen LogP contribution in [0.1, 0.15) is 57.6 Å². The number of H-pyrrole nitrogens is 1. The Balaban J connectivity index is 1.61. The van der Waals surface area contributed by atoms with Gasteiger partial charge in [0.05, 0.1) is 0 Å². The fraction of sp³-hybridized carbons (Fsp3) is 0.379. The Kier molecular flexibility index (Phi) is 8.01. The normalized spacial score (nSPS) is 12.3. The topological polar surface area (TPSA) is 126 Å².